The fourth-order valence-electron chi connectivity index (χ4n) is 3.43. The summed E-state index contributed by atoms with van der Waals surface area (Å²) in [5, 5.41) is 5.45. The molecule has 1 saturated carbocycles. The van der Waals surface area contributed by atoms with Crippen molar-refractivity contribution in [1.82, 2.24) is 14.7 Å². The monoisotopic (exact) mass is 403 g/mol. The Morgan fingerprint density at radius 1 is 1.22 bits per heavy atom. The lowest BCUT2D eigenvalue weighted by molar-refractivity contribution is -0.118. The first kappa shape index (κ1) is 18.6. The molecule has 2 fully saturated rings. The Labute approximate surface area is 169 Å². The van der Waals surface area contributed by atoms with Crippen LogP contribution in [0.15, 0.2) is 30.3 Å². The Morgan fingerprint density at radius 2 is 1.93 bits per heavy atom. The third-order valence-corrected chi connectivity index (χ3v) is 6.42. The molecule has 1 saturated heterocycles. The van der Waals surface area contributed by atoms with Crippen LogP contribution in [-0.2, 0) is 11.5 Å². The number of carbonyl (C=O) groups is 1. The van der Waals surface area contributed by atoms with Crippen LogP contribution in [0.1, 0.15) is 26.2 Å². The molecule has 2 heterocycles. The number of para-hydroxylation sites is 1. The summed E-state index contributed by atoms with van der Waals surface area (Å²) < 4.78 is 2.62. The van der Waals surface area contributed by atoms with Crippen molar-refractivity contribution in [2.24, 2.45) is 0 Å². The van der Waals surface area contributed by atoms with Gasteiger partial charge >= 0.3 is 0 Å². The van der Waals surface area contributed by atoms with E-state index in [1.165, 1.54) is 17.0 Å². The molecule has 1 amide bonds. The van der Waals surface area contributed by atoms with Gasteiger partial charge in [0.25, 0.3) is 0 Å². The van der Waals surface area contributed by atoms with E-state index in [-0.39, 0.29) is 5.91 Å². The molecule has 0 N–H and O–H groups in total. The van der Waals surface area contributed by atoms with Crippen molar-refractivity contribution in [1.29, 1.82) is 0 Å². The number of anilines is 2. The molecule has 27 heavy (non-hydrogen) atoms. The highest BCUT2D eigenvalue weighted by molar-refractivity contribution is 7.73. The van der Waals surface area contributed by atoms with E-state index < -0.39 is 0 Å². The molecule has 1 aliphatic heterocycles. The van der Waals surface area contributed by atoms with Crippen LogP contribution >= 0.6 is 23.6 Å². The summed E-state index contributed by atoms with van der Waals surface area (Å²) in [6, 6.07) is 10.9. The highest BCUT2D eigenvalue weighted by atomic mass is 32.1. The molecule has 1 aromatic carbocycles. The zero-order valence-corrected chi connectivity index (χ0v) is 17.2. The first-order valence-corrected chi connectivity index (χ1v) is 10.8. The Morgan fingerprint density at radius 3 is 2.56 bits per heavy atom. The number of benzene rings is 1. The number of rotatable bonds is 6. The summed E-state index contributed by atoms with van der Waals surface area (Å²) >= 11 is 6.99. The van der Waals surface area contributed by atoms with Gasteiger partial charge in [-0.2, -0.15) is 0 Å². The van der Waals surface area contributed by atoms with Crippen LogP contribution in [0.3, 0.4) is 0 Å². The standard InChI is InChI=1S/C19H25N5OS2/c1-2-17(25)24(16-8-9-16)18-20-23(19(26)27-18)14-21-10-12-22(13-11-21)15-6-4-3-5-7-15/h3-7,16H,2,8-14H2,1H3. The van der Waals surface area contributed by atoms with E-state index in [1.807, 2.05) is 16.5 Å². The predicted molar refractivity (Wildman–Crippen MR) is 112 cm³/mol. The number of carbonyl (C=O) groups excluding carboxylic acids is 1. The third-order valence-electron chi connectivity index (χ3n) is 5.11. The lowest BCUT2D eigenvalue weighted by Gasteiger charge is -2.35. The van der Waals surface area contributed by atoms with Gasteiger partial charge in [-0.05, 0) is 37.2 Å². The van der Waals surface area contributed by atoms with Crippen LogP contribution in [0.2, 0.25) is 0 Å². The van der Waals surface area contributed by atoms with E-state index >= 15 is 0 Å². The molecule has 0 bridgehead atoms. The molecule has 1 aliphatic carbocycles. The van der Waals surface area contributed by atoms with Crippen molar-refractivity contribution in [2.75, 3.05) is 36.0 Å². The van der Waals surface area contributed by atoms with Gasteiger partial charge in [-0.25, -0.2) is 4.68 Å². The minimum absolute atomic E-state index is 0.143. The maximum Gasteiger partial charge on any atom is 0.228 e. The second kappa shape index (κ2) is 8.08. The lowest BCUT2D eigenvalue weighted by Crippen LogP contribution is -2.47. The molecule has 2 aromatic rings. The quantitative estimate of drug-likeness (QED) is 0.692. The van der Waals surface area contributed by atoms with Crippen LogP contribution in [0.5, 0.6) is 0 Å². The van der Waals surface area contributed by atoms with Crippen LogP contribution in [0, 0.1) is 3.95 Å². The summed E-state index contributed by atoms with van der Waals surface area (Å²) in [5.41, 5.74) is 1.28. The molecule has 144 valence electrons. The molecule has 1 aromatic heterocycles. The molecule has 0 radical (unpaired) electrons. The lowest BCUT2D eigenvalue weighted by atomic mass is 10.2. The van der Waals surface area contributed by atoms with Crippen molar-refractivity contribution in [3.8, 4) is 0 Å². The molecule has 4 rings (SSSR count). The van der Waals surface area contributed by atoms with Crippen molar-refractivity contribution >= 4 is 40.3 Å². The van der Waals surface area contributed by atoms with E-state index in [0.717, 1.165) is 48.1 Å². The average Bonchev–Trinajstić information content (AvgIpc) is 3.47. The Hall–Kier alpha value is -1.77. The van der Waals surface area contributed by atoms with Crippen LogP contribution in [-0.4, -0.2) is 52.8 Å². The van der Waals surface area contributed by atoms with E-state index in [0.29, 0.717) is 19.1 Å². The van der Waals surface area contributed by atoms with Crippen molar-refractivity contribution in [2.45, 2.75) is 38.9 Å². The Bertz CT molecular complexity index is 837. The van der Waals surface area contributed by atoms with E-state index in [9.17, 15) is 4.79 Å². The first-order chi connectivity index (χ1) is 13.2. The first-order valence-electron chi connectivity index (χ1n) is 9.58. The zero-order valence-electron chi connectivity index (χ0n) is 15.6. The number of nitrogens with zero attached hydrogens (tertiary/aromatic N) is 5. The van der Waals surface area contributed by atoms with Crippen LogP contribution < -0.4 is 9.80 Å². The Balaban J connectivity index is 1.40. The van der Waals surface area contributed by atoms with Crippen molar-refractivity contribution in [3.63, 3.8) is 0 Å². The van der Waals surface area contributed by atoms with E-state index in [2.05, 4.69) is 40.1 Å². The second-order valence-electron chi connectivity index (χ2n) is 7.08. The molecule has 8 heteroatoms. The van der Waals surface area contributed by atoms with Gasteiger partial charge in [0.2, 0.25) is 11.0 Å². The van der Waals surface area contributed by atoms with Crippen molar-refractivity contribution in [3.05, 3.63) is 34.3 Å². The third kappa shape index (κ3) is 4.23. The molecule has 2 aliphatic rings. The summed E-state index contributed by atoms with van der Waals surface area (Å²) in [4.78, 5) is 19.0. The number of amides is 1. The number of piperazine rings is 1. The summed E-state index contributed by atoms with van der Waals surface area (Å²) in [6.07, 6.45) is 2.64. The molecular weight excluding hydrogens is 378 g/mol. The highest BCUT2D eigenvalue weighted by Gasteiger charge is 2.35. The van der Waals surface area contributed by atoms with Gasteiger partial charge in [0.1, 0.15) is 0 Å². The highest BCUT2D eigenvalue weighted by Crippen LogP contribution is 2.34. The fraction of sp³-hybridized carbons (Fsp3) is 0.526. The smallest absolute Gasteiger partial charge is 0.228 e. The maximum absolute atomic E-state index is 12.3. The molecule has 6 nitrogen and oxygen atoms in total. The topological polar surface area (TPSA) is 44.6 Å². The van der Waals surface area contributed by atoms with Gasteiger partial charge in [-0.1, -0.05) is 36.5 Å². The summed E-state index contributed by atoms with van der Waals surface area (Å²) in [7, 11) is 0. The minimum Gasteiger partial charge on any atom is -0.369 e. The number of hydrogen-bond donors (Lipinski definition) is 0. The van der Waals surface area contributed by atoms with Gasteiger partial charge < -0.3 is 4.90 Å². The van der Waals surface area contributed by atoms with Crippen LogP contribution in [0.25, 0.3) is 0 Å². The van der Waals surface area contributed by atoms with Gasteiger partial charge in [0, 0.05) is 44.3 Å². The fourth-order valence-corrected chi connectivity index (χ4v) is 4.60. The molecule has 0 spiro atoms. The SMILES string of the molecule is CCC(=O)N(c1nn(CN2CCN(c3ccccc3)CC2)c(=S)s1)C1CC1. The van der Waals surface area contributed by atoms with Gasteiger partial charge in [-0.3, -0.25) is 14.6 Å². The van der Waals surface area contributed by atoms with E-state index in [1.54, 1.807) is 0 Å². The average molecular weight is 404 g/mol. The number of hydrogen-bond acceptors (Lipinski definition) is 6. The second-order valence-corrected chi connectivity index (χ2v) is 8.68. The minimum atomic E-state index is 0.143. The zero-order chi connectivity index (χ0) is 18.8. The van der Waals surface area contributed by atoms with Gasteiger partial charge in [0.05, 0.1) is 6.67 Å². The maximum atomic E-state index is 12.3. The molecule has 0 atom stereocenters. The summed E-state index contributed by atoms with van der Waals surface area (Å²) in [6.45, 7) is 6.54. The van der Waals surface area contributed by atoms with Crippen LogP contribution in [0.4, 0.5) is 10.8 Å². The summed E-state index contributed by atoms with van der Waals surface area (Å²) in [5.74, 6) is 0.143. The molecular formula is C19H25N5OS2. The van der Waals surface area contributed by atoms with Crippen molar-refractivity contribution < 1.29 is 4.79 Å². The van der Waals surface area contributed by atoms with E-state index in [4.69, 9.17) is 17.3 Å². The van der Waals surface area contributed by atoms with Gasteiger partial charge in [-0.15, -0.1) is 5.10 Å². The number of aromatic nitrogens is 2. The van der Waals surface area contributed by atoms with Gasteiger partial charge in [0.15, 0.2) is 3.95 Å². The normalized spacial score (nSPS) is 17.9. The predicted octanol–water partition coefficient (Wildman–Crippen LogP) is 3.36. The largest absolute Gasteiger partial charge is 0.369 e. The molecule has 0 unspecified atom stereocenters. The Kier molecular flexibility index (Phi) is 5.56.